The summed E-state index contributed by atoms with van der Waals surface area (Å²) < 4.78 is 16.0. The zero-order valence-electron chi connectivity index (χ0n) is 25.0. The molecule has 1 fully saturated rings. The molecule has 1 aliphatic rings. The number of rotatable bonds is 15. The van der Waals surface area contributed by atoms with Crippen molar-refractivity contribution in [3.05, 3.63) is 95.1 Å². The summed E-state index contributed by atoms with van der Waals surface area (Å²) in [5, 5.41) is 0.354. The molecule has 6 heteroatoms. The maximum Gasteiger partial charge on any atom is 0.337 e. The molecule has 0 heterocycles. The minimum Gasteiger partial charge on any atom is -0.489 e. The van der Waals surface area contributed by atoms with Gasteiger partial charge in [-0.05, 0) is 91.5 Å². The van der Waals surface area contributed by atoms with E-state index in [1.807, 2.05) is 42.1 Å². The van der Waals surface area contributed by atoms with Gasteiger partial charge in [0.05, 0.1) is 19.8 Å². The molecule has 1 aliphatic carbocycles. The van der Waals surface area contributed by atoms with E-state index in [-0.39, 0.29) is 11.9 Å². The quantitative estimate of drug-likeness (QED) is 0.100. The molecular weight excluding hydrogens is 544 g/mol. The van der Waals surface area contributed by atoms with E-state index in [1.54, 1.807) is 0 Å². The summed E-state index contributed by atoms with van der Waals surface area (Å²) in [6, 6.07) is 24.9. The number of carbonyl (C=O) groups excluding carboxylic acids is 2. The summed E-state index contributed by atoms with van der Waals surface area (Å²) in [6.07, 6.45) is 11.7. The Kier molecular flexibility index (Phi) is 12.8. The number of unbranched alkanes of at least 4 members (excludes halogenated alkanes) is 1. The van der Waals surface area contributed by atoms with Crippen molar-refractivity contribution in [2.24, 2.45) is 0 Å². The minimum atomic E-state index is -0.331. The van der Waals surface area contributed by atoms with Gasteiger partial charge in [-0.2, -0.15) is 0 Å². The molecule has 0 aliphatic heterocycles. The van der Waals surface area contributed by atoms with Gasteiger partial charge in [0.25, 0.3) is 0 Å². The van der Waals surface area contributed by atoms with Crippen LogP contribution in [-0.4, -0.2) is 31.4 Å². The fraction of sp³-hybridized carbons (Fsp3) is 0.444. The molecule has 224 valence electrons. The number of para-hydroxylation sites is 1. The fourth-order valence-electron chi connectivity index (χ4n) is 5.64. The molecule has 0 amide bonds. The van der Waals surface area contributed by atoms with Crippen molar-refractivity contribution in [2.45, 2.75) is 93.3 Å². The Morgan fingerprint density at radius 1 is 0.833 bits per heavy atom. The number of esters is 2. The highest BCUT2D eigenvalue weighted by atomic mass is 32.2. The summed E-state index contributed by atoms with van der Waals surface area (Å²) in [7, 11) is 2.83. The first-order chi connectivity index (χ1) is 20.6. The summed E-state index contributed by atoms with van der Waals surface area (Å²) in [6.45, 7) is 0.556. The van der Waals surface area contributed by atoms with Gasteiger partial charge in [-0.25, -0.2) is 4.79 Å². The number of aryl methyl sites for hydroxylation is 1. The molecule has 0 spiro atoms. The zero-order valence-corrected chi connectivity index (χ0v) is 25.8. The van der Waals surface area contributed by atoms with Gasteiger partial charge in [0.1, 0.15) is 12.4 Å². The number of carbonyl (C=O) groups is 2. The largest absolute Gasteiger partial charge is 0.489 e. The first-order valence-corrected chi connectivity index (χ1v) is 16.1. The van der Waals surface area contributed by atoms with Crippen LogP contribution in [0.3, 0.4) is 0 Å². The third-order valence-corrected chi connectivity index (χ3v) is 9.47. The van der Waals surface area contributed by atoms with Crippen LogP contribution < -0.4 is 4.74 Å². The van der Waals surface area contributed by atoms with Gasteiger partial charge in [0, 0.05) is 16.6 Å². The fourth-order valence-corrected chi connectivity index (χ4v) is 6.83. The summed E-state index contributed by atoms with van der Waals surface area (Å²) in [5.41, 5.74) is 4.41. The second-order valence-electron chi connectivity index (χ2n) is 11.1. The van der Waals surface area contributed by atoms with Gasteiger partial charge < -0.3 is 14.2 Å². The van der Waals surface area contributed by atoms with Gasteiger partial charge in [0.2, 0.25) is 0 Å². The number of benzene rings is 3. The van der Waals surface area contributed by atoms with Crippen LogP contribution in [-0.2, 0) is 27.3 Å². The van der Waals surface area contributed by atoms with Crippen molar-refractivity contribution < 1.29 is 23.8 Å². The summed E-state index contributed by atoms with van der Waals surface area (Å²) >= 11 is 1.82. The van der Waals surface area contributed by atoms with Crippen LogP contribution in [0.4, 0.5) is 0 Å². The van der Waals surface area contributed by atoms with Crippen molar-refractivity contribution in [3.8, 4) is 5.75 Å². The van der Waals surface area contributed by atoms with Gasteiger partial charge in [-0.1, -0.05) is 68.1 Å². The lowest BCUT2D eigenvalue weighted by Crippen LogP contribution is -2.07. The van der Waals surface area contributed by atoms with Crippen LogP contribution in [0.15, 0.2) is 77.7 Å². The molecule has 1 unspecified atom stereocenters. The van der Waals surface area contributed by atoms with Gasteiger partial charge >= 0.3 is 11.9 Å². The Labute approximate surface area is 255 Å². The van der Waals surface area contributed by atoms with Gasteiger partial charge in [-0.3, -0.25) is 4.79 Å². The highest BCUT2D eigenvalue weighted by molar-refractivity contribution is 8.00. The van der Waals surface area contributed by atoms with Crippen molar-refractivity contribution in [2.75, 3.05) is 14.2 Å². The topological polar surface area (TPSA) is 61.8 Å². The van der Waals surface area contributed by atoms with E-state index in [9.17, 15) is 9.59 Å². The van der Waals surface area contributed by atoms with E-state index in [0.717, 1.165) is 42.7 Å². The second kappa shape index (κ2) is 17.0. The number of thioether (sulfide) groups is 1. The SMILES string of the molecule is COC(=O)CCCCC(CCc1ccccc1OCc1ccc(C2CCCCC2)cc1)Sc1ccc(C(=O)OC)cc1. The smallest absolute Gasteiger partial charge is 0.337 e. The lowest BCUT2D eigenvalue weighted by Gasteiger charge is -2.22. The Morgan fingerprint density at radius 2 is 1.57 bits per heavy atom. The molecule has 0 aromatic heterocycles. The Bertz CT molecular complexity index is 1250. The normalized spacial score (nSPS) is 14.2. The molecule has 3 aromatic carbocycles. The van der Waals surface area contributed by atoms with Gasteiger partial charge in [-0.15, -0.1) is 11.8 Å². The van der Waals surface area contributed by atoms with Crippen molar-refractivity contribution in [3.63, 3.8) is 0 Å². The maximum atomic E-state index is 11.8. The molecule has 42 heavy (non-hydrogen) atoms. The second-order valence-corrected chi connectivity index (χ2v) is 12.5. The number of ether oxygens (including phenoxy) is 3. The average molecular weight is 589 g/mol. The summed E-state index contributed by atoms with van der Waals surface area (Å²) in [5.74, 6) is 1.16. The monoisotopic (exact) mass is 588 g/mol. The predicted molar refractivity (Wildman–Crippen MR) is 169 cm³/mol. The highest BCUT2D eigenvalue weighted by Crippen LogP contribution is 2.34. The number of hydrogen-bond acceptors (Lipinski definition) is 6. The van der Waals surface area contributed by atoms with E-state index < -0.39 is 0 Å². The third kappa shape index (κ3) is 9.94. The number of hydrogen-bond donors (Lipinski definition) is 0. The molecule has 0 saturated heterocycles. The van der Waals surface area contributed by atoms with E-state index in [2.05, 4.69) is 42.5 Å². The lowest BCUT2D eigenvalue weighted by molar-refractivity contribution is -0.140. The molecule has 1 saturated carbocycles. The Hall–Kier alpha value is -3.25. The molecule has 3 aromatic rings. The van der Waals surface area contributed by atoms with Crippen LogP contribution in [0.25, 0.3) is 0 Å². The third-order valence-electron chi connectivity index (χ3n) is 8.12. The van der Waals surface area contributed by atoms with E-state index in [4.69, 9.17) is 14.2 Å². The molecule has 0 radical (unpaired) electrons. The van der Waals surface area contributed by atoms with Crippen LogP contribution in [0.1, 0.15) is 97.2 Å². The molecule has 5 nitrogen and oxygen atoms in total. The Balaban J connectivity index is 1.35. The first kappa shape index (κ1) is 31.7. The van der Waals surface area contributed by atoms with Crippen molar-refractivity contribution >= 4 is 23.7 Å². The van der Waals surface area contributed by atoms with E-state index in [1.165, 1.54) is 63.0 Å². The molecule has 4 rings (SSSR count). The minimum absolute atomic E-state index is 0.160. The van der Waals surface area contributed by atoms with Crippen LogP contribution in [0.2, 0.25) is 0 Å². The standard InChI is InChI=1S/C36H44O5S/c1-39-35(37)15-9-7-13-32(42-33-24-21-31(22-25-33)36(38)40-2)23-20-30-12-6-8-14-34(30)41-26-27-16-18-29(19-17-27)28-10-4-3-5-11-28/h6,8,12,14,16-19,21-22,24-25,28,32H,3-5,7,9-11,13,15,20,23,26H2,1-2H3. The zero-order chi connectivity index (χ0) is 29.6. The maximum absolute atomic E-state index is 11.8. The van der Waals surface area contributed by atoms with Crippen molar-refractivity contribution in [1.29, 1.82) is 0 Å². The first-order valence-electron chi connectivity index (χ1n) is 15.3. The lowest BCUT2D eigenvalue weighted by atomic mass is 9.84. The van der Waals surface area contributed by atoms with Crippen LogP contribution >= 0.6 is 11.8 Å². The number of methoxy groups -OCH3 is 2. The molecule has 0 bridgehead atoms. The van der Waals surface area contributed by atoms with E-state index in [0.29, 0.717) is 29.8 Å². The summed E-state index contributed by atoms with van der Waals surface area (Å²) in [4.78, 5) is 24.5. The van der Waals surface area contributed by atoms with Crippen LogP contribution in [0, 0.1) is 0 Å². The van der Waals surface area contributed by atoms with Crippen LogP contribution in [0.5, 0.6) is 5.75 Å². The average Bonchev–Trinajstić information content (AvgIpc) is 3.05. The van der Waals surface area contributed by atoms with Crippen molar-refractivity contribution in [1.82, 2.24) is 0 Å². The molecule has 0 N–H and O–H groups in total. The van der Waals surface area contributed by atoms with E-state index >= 15 is 0 Å². The molecular formula is C36H44O5S. The highest BCUT2D eigenvalue weighted by Gasteiger charge is 2.16. The Morgan fingerprint density at radius 3 is 2.29 bits per heavy atom. The molecule has 1 atom stereocenters. The predicted octanol–water partition coefficient (Wildman–Crippen LogP) is 8.93. The van der Waals surface area contributed by atoms with Gasteiger partial charge in [0.15, 0.2) is 0 Å².